The van der Waals surface area contributed by atoms with Gasteiger partial charge in [0.15, 0.2) is 0 Å². The minimum Gasteiger partial charge on any atom is -0.393 e. The third-order valence-electron chi connectivity index (χ3n) is 2.72. The summed E-state index contributed by atoms with van der Waals surface area (Å²) in [6.07, 6.45) is 4.27. The largest absolute Gasteiger partial charge is 0.393 e. The molecule has 0 heterocycles. The fourth-order valence-corrected chi connectivity index (χ4v) is 2.82. The molecule has 2 atom stereocenters. The number of rotatable bonds is 9. The smallest absolute Gasteiger partial charge is 0.267 e. The van der Waals surface area contributed by atoms with Crippen LogP contribution in [0.15, 0.2) is 0 Å². The van der Waals surface area contributed by atoms with Gasteiger partial charge in [-0.3, -0.25) is 4.55 Å². The molecule has 0 saturated heterocycles. The molecule has 0 saturated carbocycles. The zero-order chi connectivity index (χ0) is 12.6. The van der Waals surface area contributed by atoms with Gasteiger partial charge in [0.1, 0.15) is 0 Å². The molecule has 0 aromatic rings. The van der Waals surface area contributed by atoms with Crippen LogP contribution >= 0.6 is 0 Å². The van der Waals surface area contributed by atoms with Crippen molar-refractivity contribution in [2.24, 2.45) is 0 Å². The van der Waals surface area contributed by atoms with Crippen molar-refractivity contribution in [3.63, 3.8) is 0 Å². The van der Waals surface area contributed by atoms with E-state index < -0.39 is 15.4 Å². The van der Waals surface area contributed by atoms with Crippen LogP contribution in [0.2, 0.25) is 0 Å². The average molecular weight is 252 g/mol. The Kier molecular flexibility index (Phi) is 7.97. The van der Waals surface area contributed by atoms with Crippen molar-refractivity contribution >= 4 is 10.1 Å². The van der Waals surface area contributed by atoms with Crippen molar-refractivity contribution in [1.82, 2.24) is 0 Å². The average Bonchev–Trinajstić information content (AvgIpc) is 2.15. The Morgan fingerprint density at radius 1 is 1.00 bits per heavy atom. The van der Waals surface area contributed by atoms with Gasteiger partial charge in [-0.05, 0) is 32.1 Å². The molecule has 16 heavy (non-hydrogen) atoms. The zero-order valence-electron chi connectivity index (χ0n) is 10.2. The van der Waals surface area contributed by atoms with Crippen molar-refractivity contribution in [1.29, 1.82) is 0 Å². The van der Waals surface area contributed by atoms with E-state index in [0.29, 0.717) is 25.7 Å². The maximum absolute atomic E-state index is 11.0. The first-order valence-corrected chi connectivity index (χ1v) is 7.56. The molecule has 0 fully saturated rings. The second kappa shape index (κ2) is 8.03. The molecule has 0 rings (SSSR count). The monoisotopic (exact) mass is 252 g/mol. The van der Waals surface area contributed by atoms with Crippen LogP contribution < -0.4 is 0 Å². The summed E-state index contributed by atoms with van der Waals surface area (Å²) in [6.45, 7) is 3.89. The van der Waals surface area contributed by atoms with Crippen molar-refractivity contribution < 1.29 is 18.1 Å². The van der Waals surface area contributed by atoms with E-state index in [4.69, 9.17) is 4.55 Å². The van der Waals surface area contributed by atoms with Crippen LogP contribution in [0.1, 0.15) is 58.8 Å². The van der Waals surface area contributed by atoms with Gasteiger partial charge in [-0.25, -0.2) is 0 Å². The second-order valence-electron chi connectivity index (χ2n) is 4.30. The molecule has 0 aromatic carbocycles. The molecule has 0 aliphatic carbocycles. The molecule has 0 aromatic heterocycles. The molecule has 0 aliphatic rings. The highest BCUT2D eigenvalue weighted by Crippen LogP contribution is 2.16. The van der Waals surface area contributed by atoms with E-state index in [1.54, 1.807) is 0 Å². The minimum absolute atomic E-state index is 0.339. The lowest BCUT2D eigenvalue weighted by molar-refractivity contribution is 0.150. The Balaban J connectivity index is 3.95. The predicted octanol–water partition coefficient (Wildman–Crippen LogP) is 2.37. The lowest BCUT2D eigenvalue weighted by atomic mass is 10.1. The van der Waals surface area contributed by atoms with Gasteiger partial charge in [-0.2, -0.15) is 8.42 Å². The van der Waals surface area contributed by atoms with E-state index in [9.17, 15) is 13.5 Å². The Morgan fingerprint density at radius 2 is 1.56 bits per heavy atom. The highest BCUT2D eigenvalue weighted by molar-refractivity contribution is 7.86. The summed E-state index contributed by atoms with van der Waals surface area (Å²) in [5.41, 5.74) is 0. The van der Waals surface area contributed by atoms with Crippen LogP contribution in [0.4, 0.5) is 0 Å². The highest BCUT2D eigenvalue weighted by atomic mass is 32.2. The predicted molar refractivity (Wildman–Crippen MR) is 65.0 cm³/mol. The van der Waals surface area contributed by atoms with E-state index in [0.717, 1.165) is 19.3 Å². The SMILES string of the molecule is CCCC(O)CCCC(CCC)S(=O)(=O)O. The number of aliphatic hydroxyl groups is 1. The molecule has 98 valence electrons. The molecule has 0 amide bonds. The van der Waals surface area contributed by atoms with E-state index in [1.807, 2.05) is 13.8 Å². The summed E-state index contributed by atoms with van der Waals surface area (Å²) in [5, 5.41) is 8.82. The fraction of sp³-hybridized carbons (Fsp3) is 1.00. The highest BCUT2D eigenvalue weighted by Gasteiger charge is 2.21. The van der Waals surface area contributed by atoms with Crippen LogP contribution in [0.3, 0.4) is 0 Å². The van der Waals surface area contributed by atoms with Crippen molar-refractivity contribution in [2.75, 3.05) is 0 Å². The Morgan fingerprint density at radius 3 is 2.00 bits per heavy atom. The molecular weight excluding hydrogens is 228 g/mol. The first-order chi connectivity index (χ1) is 7.41. The first-order valence-electron chi connectivity index (χ1n) is 6.06. The summed E-state index contributed by atoms with van der Waals surface area (Å²) in [5.74, 6) is 0. The molecule has 5 heteroatoms. The lowest BCUT2D eigenvalue weighted by Gasteiger charge is -2.14. The molecular formula is C11H24O4S. The van der Waals surface area contributed by atoms with Crippen LogP contribution in [-0.4, -0.2) is 29.4 Å². The van der Waals surface area contributed by atoms with Gasteiger partial charge in [-0.15, -0.1) is 0 Å². The standard InChI is InChI=1S/C11H24O4S/c1-3-6-10(12)8-5-9-11(7-4-2)16(13,14)15/h10-12H,3-9H2,1-2H3,(H,13,14,15). The summed E-state index contributed by atoms with van der Waals surface area (Å²) in [6, 6.07) is 0. The van der Waals surface area contributed by atoms with E-state index in [2.05, 4.69) is 0 Å². The summed E-state index contributed by atoms with van der Waals surface area (Å²) < 4.78 is 31.0. The van der Waals surface area contributed by atoms with Crippen molar-refractivity contribution in [2.45, 2.75) is 70.1 Å². The quantitative estimate of drug-likeness (QED) is 0.618. The van der Waals surface area contributed by atoms with Crippen LogP contribution in [0, 0.1) is 0 Å². The molecule has 2 unspecified atom stereocenters. The Bertz CT molecular complexity index is 261. The normalized spacial score (nSPS) is 16.0. The molecule has 2 N–H and O–H groups in total. The summed E-state index contributed by atoms with van der Waals surface area (Å²) in [4.78, 5) is 0. The topological polar surface area (TPSA) is 74.6 Å². The van der Waals surface area contributed by atoms with Gasteiger partial charge in [-0.1, -0.05) is 26.7 Å². The van der Waals surface area contributed by atoms with Crippen LogP contribution in [-0.2, 0) is 10.1 Å². The van der Waals surface area contributed by atoms with Gasteiger partial charge in [0, 0.05) is 0 Å². The first kappa shape index (κ1) is 15.9. The van der Waals surface area contributed by atoms with Crippen molar-refractivity contribution in [3.8, 4) is 0 Å². The second-order valence-corrected chi connectivity index (χ2v) is 6.00. The molecule has 0 aliphatic heterocycles. The van der Waals surface area contributed by atoms with Gasteiger partial charge < -0.3 is 5.11 Å². The van der Waals surface area contributed by atoms with Gasteiger partial charge in [0.2, 0.25) is 0 Å². The Hall–Kier alpha value is -0.130. The lowest BCUT2D eigenvalue weighted by Crippen LogP contribution is -2.20. The third-order valence-corrected chi connectivity index (χ3v) is 4.03. The molecule has 0 spiro atoms. The van der Waals surface area contributed by atoms with E-state index in [1.165, 1.54) is 0 Å². The maximum atomic E-state index is 11.0. The minimum atomic E-state index is -3.92. The molecule has 4 nitrogen and oxygen atoms in total. The molecule has 0 radical (unpaired) electrons. The van der Waals surface area contributed by atoms with Crippen molar-refractivity contribution in [3.05, 3.63) is 0 Å². The van der Waals surface area contributed by atoms with Gasteiger partial charge in [0.25, 0.3) is 10.1 Å². The van der Waals surface area contributed by atoms with Crippen LogP contribution in [0.5, 0.6) is 0 Å². The van der Waals surface area contributed by atoms with E-state index >= 15 is 0 Å². The van der Waals surface area contributed by atoms with Gasteiger partial charge >= 0.3 is 0 Å². The third kappa shape index (κ3) is 7.19. The fourth-order valence-electron chi connectivity index (χ4n) is 1.82. The van der Waals surface area contributed by atoms with E-state index in [-0.39, 0.29) is 6.10 Å². The number of hydrogen-bond donors (Lipinski definition) is 2. The maximum Gasteiger partial charge on any atom is 0.267 e. The number of aliphatic hydroxyl groups excluding tert-OH is 1. The van der Waals surface area contributed by atoms with Gasteiger partial charge in [0.05, 0.1) is 11.4 Å². The molecule has 0 bridgehead atoms. The number of hydrogen-bond acceptors (Lipinski definition) is 3. The Labute approximate surface area is 98.8 Å². The zero-order valence-corrected chi connectivity index (χ0v) is 11.0. The van der Waals surface area contributed by atoms with Crippen LogP contribution in [0.25, 0.3) is 0 Å². The summed E-state index contributed by atoms with van der Waals surface area (Å²) >= 11 is 0. The summed E-state index contributed by atoms with van der Waals surface area (Å²) in [7, 11) is -3.92.